The van der Waals surface area contributed by atoms with Gasteiger partial charge >= 0.3 is 12.4 Å². The van der Waals surface area contributed by atoms with E-state index in [4.69, 9.17) is 0 Å². The number of ether oxygens (including phenoxy) is 1. The fourth-order valence-corrected chi connectivity index (χ4v) is 3.08. The fourth-order valence-electron chi connectivity index (χ4n) is 2.25. The van der Waals surface area contributed by atoms with Crippen LogP contribution in [0.2, 0.25) is 0 Å². The summed E-state index contributed by atoms with van der Waals surface area (Å²) in [5.74, 6) is -4.00. The first-order chi connectivity index (χ1) is 14.5. The second kappa shape index (κ2) is 9.35. The molecule has 5 nitrogen and oxygen atoms in total. The first kappa shape index (κ1) is 26.1. The lowest BCUT2D eigenvalue weighted by atomic mass is 10.1. The van der Waals surface area contributed by atoms with E-state index in [0.717, 1.165) is 12.3 Å². The number of nitrogens with one attached hydrogen (secondary N) is 1. The van der Waals surface area contributed by atoms with E-state index >= 15 is 0 Å². The number of hydrogen-bond donors (Lipinski definition) is 1. The zero-order valence-electron chi connectivity index (χ0n) is 16.7. The van der Waals surface area contributed by atoms with Crippen LogP contribution in [0.25, 0.3) is 0 Å². The van der Waals surface area contributed by atoms with Crippen molar-refractivity contribution in [3.05, 3.63) is 53.0 Å². The summed E-state index contributed by atoms with van der Waals surface area (Å²) in [4.78, 5) is 6.67. The van der Waals surface area contributed by atoms with Crippen molar-refractivity contribution in [1.82, 2.24) is 14.7 Å². The van der Waals surface area contributed by atoms with E-state index in [-0.39, 0.29) is 5.56 Å². The first-order valence-corrected chi connectivity index (χ1v) is 9.90. The van der Waals surface area contributed by atoms with Gasteiger partial charge in [-0.25, -0.2) is 18.7 Å². The van der Waals surface area contributed by atoms with E-state index in [9.17, 15) is 39.7 Å². The zero-order valence-corrected chi connectivity index (χ0v) is 17.6. The minimum absolute atomic E-state index is 0.230. The Morgan fingerprint density at radius 2 is 1.69 bits per heavy atom. The number of hydrogen-bond acceptors (Lipinski definition) is 5. The van der Waals surface area contributed by atoms with Gasteiger partial charge in [0.15, 0.2) is 23.9 Å². The predicted molar refractivity (Wildman–Crippen MR) is 97.8 cm³/mol. The van der Waals surface area contributed by atoms with Crippen LogP contribution in [0.3, 0.4) is 0 Å². The molecule has 0 amide bonds. The third kappa shape index (κ3) is 6.90. The molecule has 0 radical (unpaired) electrons. The van der Waals surface area contributed by atoms with Crippen LogP contribution in [0.15, 0.2) is 24.4 Å². The molecular weight excluding hydrogens is 474 g/mol. The molecule has 0 saturated carbocycles. The summed E-state index contributed by atoms with van der Waals surface area (Å²) in [6.45, 7) is 2.80. The zero-order chi connectivity index (χ0) is 24.5. The molecule has 0 aromatic carbocycles. The molecule has 1 N–H and O–H groups in total. The molecule has 2 heterocycles. The Labute approximate surface area is 180 Å². The highest BCUT2D eigenvalue weighted by atomic mass is 32.2. The molecule has 2 rings (SSSR count). The third-order valence-corrected chi connectivity index (χ3v) is 5.31. The van der Waals surface area contributed by atoms with Crippen LogP contribution < -0.4 is 9.46 Å². The molecule has 0 aliphatic carbocycles. The van der Waals surface area contributed by atoms with Crippen LogP contribution in [-0.4, -0.2) is 32.1 Å². The highest BCUT2D eigenvalue weighted by molar-refractivity contribution is 7.90. The molecule has 0 bridgehead atoms. The number of aromatic nitrogens is 2. The van der Waals surface area contributed by atoms with Crippen molar-refractivity contribution in [2.45, 2.75) is 43.9 Å². The quantitative estimate of drug-likeness (QED) is 0.462. The number of nitrogens with zero attached hydrogens (tertiary/aromatic N) is 2. The van der Waals surface area contributed by atoms with Crippen molar-refractivity contribution in [3.63, 3.8) is 0 Å². The van der Waals surface area contributed by atoms with Gasteiger partial charge in [-0.05, 0) is 39.0 Å². The molecular formula is C18H17F8N3O2S. The second-order valence-corrected chi connectivity index (χ2v) is 9.45. The van der Waals surface area contributed by atoms with Gasteiger partial charge in [0.1, 0.15) is 10.8 Å². The molecule has 2 atom stereocenters. The summed E-state index contributed by atoms with van der Waals surface area (Å²) in [7, 11) is 0. The van der Waals surface area contributed by atoms with Crippen molar-refractivity contribution in [2.75, 3.05) is 6.61 Å². The van der Waals surface area contributed by atoms with Crippen molar-refractivity contribution >= 4 is 11.4 Å². The van der Waals surface area contributed by atoms with Gasteiger partial charge in [-0.15, -0.1) is 4.72 Å². The minimum atomic E-state index is -5.15. The van der Waals surface area contributed by atoms with E-state index in [1.807, 2.05) is 0 Å². The number of rotatable bonds is 6. The minimum Gasteiger partial charge on any atom is -0.598 e. The first-order valence-electron chi connectivity index (χ1n) is 8.75. The van der Waals surface area contributed by atoms with Crippen LogP contribution >= 0.6 is 0 Å². The smallest absolute Gasteiger partial charge is 0.436 e. The van der Waals surface area contributed by atoms with Gasteiger partial charge < -0.3 is 9.29 Å². The van der Waals surface area contributed by atoms with Gasteiger partial charge in [0.25, 0.3) is 5.88 Å². The summed E-state index contributed by atoms with van der Waals surface area (Å²) in [6.07, 6.45) is -9.08. The monoisotopic (exact) mass is 491 g/mol. The summed E-state index contributed by atoms with van der Waals surface area (Å²) in [5, 5.41) is 0. The normalized spacial score (nSPS) is 14.9. The summed E-state index contributed by atoms with van der Waals surface area (Å²) in [6, 6.07) is 0.531. The topological polar surface area (TPSA) is 70.1 Å². The van der Waals surface area contributed by atoms with Gasteiger partial charge in [-0.1, -0.05) is 0 Å². The van der Waals surface area contributed by atoms with Crippen LogP contribution in [0.5, 0.6) is 5.88 Å². The Kier molecular flexibility index (Phi) is 7.62. The third-order valence-electron chi connectivity index (χ3n) is 3.75. The molecule has 178 valence electrons. The van der Waals surface area contributed by atoms with E-state index in [1.54, 1.807) is 20.8 Å². The molecule has 2 aromatic heterocycles. The lowest BCUT2D eigenvalue weighted by Crippen LogP contribution is -2.42. The summed E-state index contributed by atoms with van der Waals surface area (Å²) >= 11 is -1.92. The Morgan fingerprint density at radius 3 is 2.19 bits per heavy atom. The largest absolute Gasteiger partial charge is 0.598 e. The predicted octanol–water partition coefficient (Wildman–Crippen LogP) is 4.86. The van der Waals surface area contributed by atoms with E-state index < -0.39 is 70.0 Å². The maximum absolute atomic E-state index is 14.3. The van der Waals surface area contributed by atoms with Crippen molar-refractivity contribution in [2.24, 2.45) is 0 Å². The lowest BCUT2D eigenvalue weighted by molar-refractivity contribution is -0.154. The van der Waals surface area contributed by atoms with Gasteiger partial charge in [-0.2, -0.15) is 26.3 Å². The Balaban J connectivity index is 2.50. The van der Waals surface area contributed by atoms with E-state index in [2.05, 4.69) is 19.4 Å². The van der Waals surface area contributed by atoms with Crippen molar-refractivity contribution in [3.8, 4) is 5.88 Å². The summed E-state index contributed by atoms with van der Waals surface area (Å²) in [5.41, 5.74) is -2.55. The van der Waals surface area contributed by atoms with Crippen LogP contribution in [0.4, 0.5) is 35.1 Å². The molecule has 0 aliphatic rings. The number of pyridine rings is 2. The highest BCUT2D eigenvalue weighted by Gasteiger charge is 2.38. The van der Waals surface area contributed by atoms with Gasteiger partial charge in [0, 0.05) is 23.1 Å². The van der Waals surface area contributed by atoms with E-state index in [0.29, 0.717) is 12.1 Å². The average molecular weight is 491 g/mol. The van der Waals surface area contributed by atoms with Crippen molar-refractivity contribution in [1.29, 1.82) is 0 Å². The average Bonchev–Trinajstić information content (AvgIpc) is 2.63. The molecule has 2 aromatic rings. The van der Waals surface area contributed by atoms with E-state index in [1.165, 1.54) is 0 Å². The number of alkyl halides is 6. The Hall–Kier alpha value is -2.19. The second-order valence-electron chi connectivity index (χ2n) is 7.46. The molecule has 14 heteroatoms. The standard InChI is InChI=1S/C18H17F8N3O2S/c1-16(2,3)32(30)29-13(12-5-4-10(19)14(28-12)18(24,25)26)9-6-11(20)15(27-7-9)31-8-17(21,22)23/h4-7,13,29H,8H2,1-3H3/t13-,32-/m1/s1. The Bertz CT molecular complexity index is 947. The molecule has 0 aliphatic heterocycles. The Morgan fingerprint density at radius 1 is 1.06 bits per heavy atom. The van der Waals surface area contributed by atoms with Gasteiger partial charge in [0.05, 0.1) is 5.69 Å². The SMILES string of the molecule is CC(C)(C)[S@@+]([O-])N[C@H](c1cnc(OCC(F)(F)F)c(F)c1)c1ccc(F)c(C(F)(F)F)n1. The maximum Gasteiger partial charge on any atom is 0.436 e. The van der Waals surface area contributed by atoms with Gasteiger partial charge in [0.2, 0.25) is 0 Å². The number of halogens is 8. The molecule has 0 spiro atoms. The van der Waals surface area contributed by atoms with Crippen LogP contribution in [-0.2, 0) is 17.5 Å². The lowest BCUT2D eigenvalue weighted by Gasteiger charge is -2.28. The molecule has 32 heavy (non-hydrogen) atoms. The van der Waals surface area contributed by atoms with Crippen LogP contribution in [0.1, 0.15) is 43.8 Å². The summed E-state index contributed by atoms with van der Waals surface area (Å²) < 4.78 is 122. The molecule has 0 unspecified atom stereocenters. The van der Waals surface area contributed by atoms with Crippen molar-refractivity contribution < 1.29 is 44.4 Å². The van der Waals surface area contributed by atoms with Crippen LogP contribution in [0, 0.1) is 11.6 Å². The fraction of sp³-hybridized carbons (Fsp3) is 0.444. The molecule has 0 saturated heterocycles. The highest BCUT2D eigenvalue weighted by Crippen LogP contribution is 2.33. The molecule has 0 fully saturated rings. The van der Waals surface area contributed by atoms with Gasteiger partial charge in [-0.3, -0.25) is 0 Å². The maximum atomic E-state index is 14.3.